The Morgan fingerprint density at radius 3 is 2.68 bits per heavy atom. The highest BCUT2D eigenvalue weighted by molar-refractivity contribution is 8.14. The average Bonchev–Trinajstić information content (AvgIpc) is 2.60. The maximum Gasteiger partial charge on any atom is 0.275 e. The molecule has 1 aromatic rings. The quantitative estimate of drug-likeness (QED) is 0.670. The molecular weight excluding hydrogens is 403 g/mol. The Morgan fingerprint density at radius 1 is 1.39 bits per heavy atom. The van der Waals surface area contributed by atoms with Gasteiger partial charge in [0, 0.05) is 23.9 Å². The van der Waals surface area contributed by atoms with Gasteiger partial charge in [0.2, 0.25) is 10.0 Å². The van der Waals surface area contributed by atoms with Crippen molar-refractivity contribution in [2.75, 3.05) is 20.6 Å². The summed E-state index contributed by atoms with van der Waals surface area (Å²) in [7, 11) is -3.49. The maximum absolute atomic E-state index is 13.5. The van der Waals surface area contributed by atoms with Gasteiger partial charge >= 0.3 is 0 Å². The van der Waals surface area contributed by atoms with Crippen molar-refractivity contribution >= 4 is 39.3 Å². The molecule has 0 aromatic heterocycles. The number of anilines is 2. The number of halogens is 1. The average molecular weight is 427 g/mol. The normalized spacial score (nSPS) is 21.0. The molecule has 1 heterocycles. The van der Waals surface area contributed by atoms with Gasteiger partial charge in [0.15, 0.2) is 5.60 Å². The summed E-state index contributed by atoms with van der Waals surface area (Å²) in [5, 5.41) is 0. The fraction of sp³-hybridized carbons (Fsp3) is 0.421. The van der Waals surface area contributed by atoms with Crippen LogP contribution in [0.1, 0.15) is 27.2 Å². The zero-order valence-electron chi connectivity index (χ0n) is 16.2. The van der Waals surface area contributed by atoms with E-state index in [0.717, 1.165) is 18.2 Å². The van der Waals surface area contributed by atoms with E-state index in [1.807, 2.05) is 6.92 Å². The van der Waals surface area contributed by atoms with E-state index in [0.29, 0.717) is 28.6 Å². The van der Waals surface area contributed by atoms with Gasteiger partial charge in [-0.15, -0.1) is 0 Å². The second kappa shape index (κ2) is 7.44. The predicted molar refractivity (Wildman–Crippen MR) is 111 cm³/mol. The van der Waals surface area contributed by atoms with Crippen LogP contribution in [0.4, 0.5) is 15.8 Å². The molecule has 1 amide bonds. The zero-order valence-corrected chi connectivity index (χ0v) is 17.8. The Labute approximate surface area is 169 Å². The number of fused-ring (bicyclic) bond motifs is 1. The first-order valence-corrected chi connectivity index (χ1v) is 11.7. The Hall–Kier alpha value is -2.00. The van der Waals surface area contributed by atoms with E-state index in [1.165, 1.54) is 14.7 Å². The van der Waals surface area contributed by atoms with Gasteiger partial charge < -0.3 is 4.74 Å². The van der Waals surface area contributed by atoms with Crippen LogP contribution in [-0.4, -0.2) is 38.1 Å². The van der Waals surface area contributed by atoms with E-state index in [9.17, 15) is 17.6 Å². The lowest BCUT2D eigenvalue weighted by Crippen LogP contribution is -2.52. The molecule has 1 aliphatic heterocycles. The summed E-state index contributed by atoms with van der Waals surface area (Å²) in [5.41, 5.74) is 0.360. The number of hydrogen-bond acceptors (Lipinski definition) is 5. The van der Waals surface area contributed by atoms with E-state index in [4.69, 9.17) is 4.74 Å². The molecule has 1 aromatic carbocycles. The number of rotatable bonds is 5. The summed E-state index contributed by atoms with van der Waals surface area (Å²) >= 11 is 1.16. The van der Waals surface area contributed by atoms with Crippen LogP contribution < -0.4 is 13.3 Å². The van der Waals surface area contributed by atoms with Gasteiger partial charge in [-0.2, -0.15) is 0 Å². The summed E-state index contributed by atoms with van der Waals surface area (Å²) < 4.78 is 44.9. The van der Waals surface area contributed by atoms with Crippen molar-refractivity contribution in [1.82, 2.24) is 0 Å². The predicted octanol–water partition coefficient (Wildman–Crippen LogP) is 3.81. The summed E-state index contributed by atoms with van der Waals surface area (Å²) in [6.45, 7) is 5.16. The van der Waals surface area contributed by atoms with Crippen molar-refractivity contribution in [3.05, 3.63) is 42.1 Å². The first kappa shape index (κ1) is 20.7. The molecule has 6 nitrogen and oxygen atoms in total. The first-order valence-electron chi connectivity index (χ1n) is 8.88. The monoisotopic (exact) mass is 426 g/mol. The number of benzene rings is 1. The number of carbonyl (C=O) groups is 1. The molecule has 3 rings (SSSR count). The number of carbonyl (C=O) groups excluding carboxylic acids is 1. The lowest BCUT2D eigenvalue weighted by Gasteiger charge is -2.40. The summed E-state index contributed by atoms with van der Waals surface area (Å²) in [6.07, 6.45) is 4.95. The Morgan fingerprint density at radius 2 is 2.11 bits per heavy atom. The molecule has 1 atom stereocenters. The topological polar surface area (TPSA) is 66.9 Å². The van der Waals surface area contributed by atoms with Crippen molar-refractivity contribution < 1.29 is 22.3 Å². The van der Waals surface area contributed by atoms with Crippen molar-refractivity contribution in [1.29, 1.82) is 0 Å². The molecule has 0 spiro atoms. The lowest BCUT2D eigenvalue weighted by molar-refractivity contribution is -0.132. The van der Waals surface area contributed by atoms with Crippen LogP contribution in [0.3, 0.4) is 0 Å². The lowest BCUT2D eigenvalue weighted by atomic mass is 10.0. The van der Waals surface area contributed by atoms with E-state index in [2.05, 4.69) is 0 Å². The first-order chi connectivity index (χ1) is 13.0. The van der Waals surface area contributed by atoms with Gasteiger partial charge in [-0.3, -0.25) is 9.69 Å². The minimum absolute atomic E-state index is 0.194. The van der Waals surface area contributed by atoms with E-state index < -0.39 is 21.8 Å². The number of nitrogens with zero attached hydrogens (tertiary/aromatic N) is 2. The molecule has 9 heteroatoms. The molecule has 0 saturated heterocycles. The highest BCUT2D eigenvalue weighted by Crippen LogP contribution is 2.43. The molecule has 152 valence electrons. The van der Waals surface area contributed by atoms with Crippen LogP contribution in [0.25, 0.3) is 0 Å². The van der Waals surface area contributed by atoms with Crippen LogP contribution in [-0.2, 0) is 14.8 Å². The third-order valence-electron chi connectivity index (χ3n) is 4.31. The highest BCUT2D eigenvalue weighted by Gasteiger charge is 2.42. The van der Waals surface area contributed by atoms with Crippen molar-refractivity contribution in [2.45, 2.75) is 39.0 Å². The number of amides is 1. The third kappa shape index (κ3) is 3.91. The van der Waals surface area contributed by atoms with Gasteiger partial charge in [0.1, 0.15) is 11.9 Å². The second-order valence-electron chi connectivity index (χ2n) is 7.05. The van der Waals surface area contributed by atoms with Gasteiger partial charge in [0.25, 0.3) is 5.91 Å². The van der Waals surface area contributed by atoms with Crippen molar-refractivity contribution in [3.63, 3.8) is 0 Å². The molecule has 0 saturated carbocycles. The number of hydrogen-bond donors (Lipinski definition) is 0. The van der Waals surface area contributed by atoms with Crippen LogP contribution in [0.15, 0.2) is 42.1 Å². The molecule has 0 N–H and O–H groups in total. The largest absolute Gasteiger partial charge is 0.476 e. The van der Waals surface area contributed by atoms with E-state index in [1.54, 1.807) is 44.2 Å². The van der Waals surface area contributed by atoms with Crippen molar-refractivity contribution in [2.24, 2.45) is 0 Å². The minimum atomic E-state index is -3.49. The molecule has 0 radical (unpaired) electrons. The van der Waals surface area contributed by atoms with Crippen LogP contribution in [0, 0.1) is 0 Å². The molecule has 0 fully saturated rings. The van der Waals surface area contributed by atoms with E-state index >= 15 is 0 Å². The van der Waals surface area contributed by atoms with Gasteiger partial charge in [0.05, 0.1) is 17.6 Å². The fourth-order valence-electron chi connectivity index (χ4n) is 3.06. The number of allylic oxidation sites excluding steroid dienone is 3. The third-order valence-corrected chi connectivity index (χ3v) is 6.96. The smallest absolute Gasteiger partial charge is 0.275 e. The molecule has 1 aliphatic carbocycles. The van der Waals surface area contributed by atoms with E-state index in [-0.39, 0.29) is 12.3 Å². The maximum atomic E-state index is 13.5. The Bertz CT molecular complexity index is 957. The molecule has 0 bridgehead atoms. The summed E-state index contributed by atoms with van der Waals surface area (Å²) in [5.74, 6) is 0.691. The summed E-state index contributed by atoms with van der Waals surface area (Å²) in [6, 6.07) is 4.91. The SMILES string of the molecule is CCSN(c1ccc2c(c1)OC(C)(C)C(=O)N2C1=CCC(F)C=C1)S(C)(=O)=O. The molecule has 28 heavy (non-hydrogen) atoms. The van der Waals surface area contributed by atoms with Crippen LogP contribution >= 0.6 is 11.9 Å². The van der Waals surface area contributed by atoms with Crippen LogP contribution in [0.2, 0.25) is 0 Å². The minimum Gasteiger partial charge on any atom is -0.476 e. The van der Waals surface area contributed by atoms with Gasteiger partial charge in [-0.05, 0) is 50.1 Å². The zero-order chi connectivity index (χ0) is 20.7. The van der Waals surface area contributed by atoms with Crippen molar-refractivity contribution in [3.8, 4) is 5.75 Å². The molecule has 2 aliphatic rings. The van der Waals surface area contributed by atoms with Crippen LogP contribution in [0.5, 0.6) is 5.75 Å². The number of alkyl halides is 1. The van der Waals surface area contributed by atoms with Gasteiger partial charge in [-0.25, -0.2) is 16.5 Å². The Balaban J connectivity index is 2.09. The number of sulfonamides is 1. The standard InChI is InChI=1S/C19H23FN2O4S2/c1-5-27-22(28(4,24)25)15-10-11-16-17(12-15)26-19(2,3)18(23)21(16)14-8-6-13(20)7-9-14/h6,8-13H,5,7H2,1-4H3. The molecular formula is C19H23FN2O4S2. The Kier molecular flexibility index (Phi) is 5.51. The highest BCUT2D eigenvalue weighted by atomic mass is 32.3. The summed E-state index contributed by atoms with van der Waals surface area (Å²) in [4.78, 5) is 14.5. The van der Waals surface area contributed by atoms with Gasteiger partial charge in [-0.1, -0.05) is 13.0 Å². The fourth-order valence-corrected chi connectivity index (χ4v) is 5.14. The second-order valence-corrected chi connectivity index (χ2v) is 10.3. The molecule has 1 unspecified atom stereocenters. The number of ether oxygens (including phenoxy) is 1.